The molecule has 0 fully saturated rings. The molecule has 1 atom stereocenters. The van der Waals surface area contributed by atoms with E-state index in [4.69, 9.17) is 17.3 Å². The zero-order valence-corrected chi connectivity index (χ0v) is 13.1. The number of hydrogen-bond donors (Lipinski definition) is 1. The van der Waals surface area contributed by atoms with Crippen molar-refractivity contribution in [2.45, 2.75) is 19.0 Å². The number of carbonyl (C=O) groups is 2. The molecule has 1 aliphatic rings. The second-order valence-corrected chi connectivity index (χ2v) is 5.86. The number of primary amides is 1. The van der Waals surface area contributed by atoms with Crippen molar-refractivity contribution in [2.75, 3.05) is 6.54 Å². The summed E-state index contributed by atoms with van der Waals surface area (Å²) in [5, 5.41) is 4.60. The topological polar surface area (TPSA) is 81.2 Å². The van der Waals surface area contributed by atoms with E-state index in [1.54, 1.807) is 24.3 Å². The molecule has 9 heteroatoms. The van der Waals surface area contributed by atoms with Crippen LogP contribution in [0.2, 0.25) is 5.02 Å². The summed E-state index contributed by atoms with van der Waals surface area (Å²) in [6, 6.07) is 5.17. The molecule has 1 aromatic carbocycles. The molecule has 126 valence electrons. The van der Waals surface area contributed by atoms with Crippen LogP contribution < -0.4 is 5.73 Å². The quantitative estimate of drug-likeness (QED) is 0.853. The SMILES string of the molecule is NC(=O)c1c(-c2cccc(Cl)c2)nn2c1CN(C=O)CC2C(F)F. The van der Waals surface area contributed by atoms with Gasteiger partial charge in [0.05, 0.1) is 17.8 Å². The maximum Gasteiger partial charge on any atom is 0.262 e. The smallest absolute Gasteiger partial charge is 0.262 e. The molecule has 0 radical (unpaired) electrons. The van der Waals surface area contributed by atoms with E-state index in [1.165, 1.54) is 4.90 Å². The van der Waals surface area contributed by atoms with Crippen LogP contribution in [0, 0.1) is 0 Å². The van der Waals surface area contributed by atoms with Gasteiger partial charge in [0.2, 0.25) is 6.41 Å². The third-order valence-corrected chi connectivity index (χ3v) is 4.12. The summed E-state index contributed by atoms with van der Waals surface area (Å²) in [5.41, 5.74) is 6.33. The molecule has 0 aliphatic carbocycles. The van der Waals surface area contributed by atoms with Gasteiger partial charge in [-0.3, -0.25) is 14.3 Å². The van der Waals surface area contributed by atoms with Gasteiger partial charge in [0.15, 0.2) is 0 Å². The highest BCUT2D eigenvalue weighted by Gasteiger charge is 2.36. The number of benzene rings is 1. The third-order valence-electron chi connectivity index (χ3n) is 3.88. The van der Waals surface area contributed by atoms with Gasteiger partial charge in [-0.2, -0.15) is 5.10 Å². The molecule has 3 rings (SSSR count). The minimum absolute atomic E-state index is 0.0153. The van der Waals surface area contributed by atoms with E-state index in [9.17, 15) is 18.4 Å². The maximum atomic E-state index is 13.4. The van der Waals surface area contributed by atoms with E-state index < -0.39 is 18.4 Å². The van der Waals surface area contributed by atoms with Gasteiger partial charge in [0, 0.05) is 17.1 Å². The molecule has 2 N–H and O–H groups in total. The van der Waals surface area contributed by atoms with Crippen LogP contribution in [0.3, 0.4) is 0 Å². The Balaban J connectivity index is 2.22. The molecule has 0 saturated heterocycles. The lowest BCUT2D eigenvalue weighted by atomic mass is 10.0. The van der Waals surface area contributed by atoms with Crippen LogP contribution in [-0.2, 0) is 11.3 Å². The number of halogens is 3. The lowest BCUT2D eigenvalue weighted by Crippen LogP contribution is -2.40. The molecular formula is C15H13ClF2N4O2. The van der Waals surface area contributed by atoms with Crippen molar-refractivity contribution in [3.63, 3.8) is 0 Å². The first-order valence-corrected chi connectivity index (χ1v) is 7.44. The predicted octanol–water partition coefficient (Wildman–Crippen LogP) is 2.08. The molecule has 24 heavy (non-hydrogen) atoms. The molecule has 0 spiro atoms. The number of nitrogens with zero attached hydrogens (tertiary/aromatic N) is 3. The summed E-state index contributed by atoms with van der Waals surface area (Å²) < 4.78 is 27.9. The van der Waals surface area contributed by atoms with Gasteiger partial charge in [0.25, 0.3) is 12.3 Å². The van der Waals surface area contributed by atoms with E-state index in [2.05, 4.69) is 5.10 Å². The summed E-state index contributed by atoms with van der Waals surface area (Å²) in [7, 11) is 0. The molecule has 2 heterocycles. The average Bonchev–Trinajstić information content (AvgIpc) is 2.93. The summed E-state index contributed by atoms with van der Waals surface area (Å²) in [6.07, 6.45) is -2.28. The van der Waals surface area contributed by atoms with Crippen LogP contribution in [0.25, 0.3) is 11.3 Å². The van der Waals surface area contributed by atoms with Crippen molar-refractivity contribution < 1.29 is 18.4 Å². The fourth-order valence-electron chi connectivity index (χ4n) is 2.83. The molecule has 0 saturated carbocycles. The highest BCUT2D eigenvalue weighted by Crippen LogP contribution is 2.33. The second-order valence-electron chi connectivity index (χ2n) is 5.43. The largest absolute Gasteiger partial charge is 0.365 e. The van der Waals surface area contributed by atoms with Crippen molar-refractivity contribution in [1.82, 2.24) is 14.7 Å². The third kappa shape index (κ3) is 2.73. The molecule has 0 bridgehead atoms. The Morgan fingerprint density at radius 3 is 2.79 bits per heavy atom. The van der Waals surface area contributed by atoms with Crippen molar-refractivity contribution in [2.24, 2.45) is 5.73 Å². The normalized spacial score (nSPS) is 17.0. The summed E-state index contributed by atoms with van der Waals surface area (Å²) >= 11 is 5.95. The molecule has 1 aliphatic heterocycles. The van der Waals surface area contributed by atoms with Crippen LogP contribution in [0.1, 0.15) is 22.1 Å². The van der Waals surface area contributed by atoms with Crippen molar-refractivity contribution in [3.05, 3.63) is 40.5 Å². The Bertz CT molecular complexity index is 809. The van der Waals surface area contributed by atoms with E-state index in [1.807, 2.05) is 0 Å². The minimum Gasteiger partial charge on any atom is -0.365 e. The summed E-state index contributed by atoms with van der Waals surface area (Å²) in [4.78, 5) is 24.2. The predicted molar refractivity (Wildman–Crippen MR) is 82.7 cm³/mol. The molecule has 1 unspecified atom stereocenters. The Hall–Kier alpha value is -2.48. The van der Waals surface area contributed by atoms with Gasteiger partial charge >= 0.3 is 0 Å². The number of amides is 2. The van der Waals surface area contributed by atoms with Gasteiger partial charge in [0.1, 0.15) is 11.7 Å². The van der Waals surface area contributed by atoms with Crippen LogP contribution in [0.15, 0.2) is 24.3 Å². The Labute approximate surface area is 140 Å². The highest BCUT2D eigenvalue weighted by atomic mass is 35.5. The molecule has 2 amide bonds. The van der Waals surface area contributed by atoms with Gasteiger partial charge in [-0.15, -0.1) is 0 Å². The van der Waals surface area contributed by atoms with E-state index >= 15 is 0 Å². The zero-order chi connectivity index (χ0) is 17.4. The second kappa shape index (κ2) is 6.20. The first-order chi connectivity index (χ1) is 11.4. The number of nitrogens with two attached hydrogens (primary N) is 1. The van der Waals surface area contributed by atoms with Gasteiger partial charge < -0.3 is 10.6 Å². The molecule has 1 aromatic heterocycles. The molecule has 6 nitrogen and oxygen atoms in total. The van der Waals surface area contributed by atoms with E-state index in [-0.39, 0.29) is 30.0 Å². The summed E-state index contributed by atoms with van der Waals surface area (Å²) in [6.45, 7) is -0.207. The van der Waals surface area contributed by atoms with Crippen molar-refractivity contribution >= 4 is 23.9 Å². The zero-order valence-electron chi connectivity index (χ0n) is 12.3. The monoisotopic (exact) mass is 354 g/mol. The highest BCUT2D eigenvalue weighted by molar-refractivity contribution is 6.30. The van der Waals surface area contributed by atoms with Crippen molar-refractivity contribution in [1.29, 1.82) is 0 Å². The van der Waals surface area contributed by atoms with Crippen molar-refractivity contribution in [3.8, 4) is 11.3 Å². The molecule has 2 aromatic rings. The Morgan fingerprint density at radius 2 is 2.21 bits per heavy atom. The van der Waals surface area contributed by atoms with Crippen LogP contribution >= 0.6 is 11.6 Å². The standard InChI is InChI=1S/C15H13ClF2N4O2/c16-9-3-1-2-8(4-9)13-12(15(19)24)10-5-21(7-23)6-11(14(17)18)22(10)20-13/h1-4,7,11,14H,5-6H2,(H2,19,24). The van der Waals surface area contributed by atoms with Gasteiger partial charge in [-0.1, -0.05) is 23.7 Å². The lowest BCUT2D eigenvalue weighted by Gasteiger charge is -2.31. The number of carbonyl (C=O) groups excluding carboxylic acids is 2. The number of rotatable bonds is 4. The van der Waals surface area contributed by atoms with E-state index in [0.29, 0.717) is 17.0 Å². The average molecular weight is 355 g/mol. The van der Waals surface area contributed by atoms with Crippen LogP contribution in [-0.4, -0.2) is 40.0 Å². The Morgan fingerprint density at radius 1 is 1.46 bits per heavy atom. The van der Waals surface area contributed by atoms with E-state index in [0.717, 1.165) is 4.68 Å². The number of aromatic nitrogens is 2. The Kier molecular flexibility index (Phi) is 4.23. The fourth-order valence-corrected chi connectivity index (χ4v) is 3.02. The lowest BCUT2D eigenvalue weighted by molar-refractivity contribution is -0.121. The fraction of sp³-hybridized carbons (Fsp3) is 0.267. The number of fused-ring (bicyclic) bond motifs is 1. The maximum absolute atomic E-state index is 13.4. The number of alkyl halides is 2. The number of hydrogen-bond acceptors (Lipinski definition) is 3. The van der Waals surface area contributed by atoms with Crippen LogP contribution in [0.5, 0.6) is 0 Å². The first kappa shape index (κ1) is 16.4. The van der Waals surface area contributed by atoms with Crippen LogP contribution in [0.4, 0.5) is 8.78 Å². The first-order valence-electron chi connectivity index (χ1n) is 7.07. The minimum atomic E-state index is -2.75. The summed E-state index contributed by atoms with van der Waals surface area (Å²) in [5.74, 6) is -0.799. The van der Waals surface area contributed by atoms with Gasteiger partial charge in [-0.25, -0.2) is 8.78 Å². The molecular weight excluding hydrogens is 342 g/mol. The van der Waals surface area contributed by atoms with Gasteiger partial charge in [-0.05, 0) is 12.1 Å².